The summed E-state index contributed by atoms with van der Waals surface area (Å²) in [6.07, 6.45) is 5.86. The van der Waals surface area contributed by atoms with E-state index in [9.17, 15) is 4.79 Å². The zero-order valence-corrected chi connectivity index (χ0v) is 15.2. The molecule has 140 valence electrons. The van der Waals surface area contributed by atoms with Crippen LogP contribution in [0, 0.1) is 12.8 Å². The Morgan fingerprint density at radius 2 is 2.27 bits per heavy atom. The Kier molecular flexibility index (Phi) is 4.44. The highest BCUT2D eigenvalue weighted by molar-refractivity contribution is 5.93. The van der Waals surface area contributed by atoms with Crippen molar-refractivity contribution in [3.05, 3.63) is 29.6 Å². The molecule has 1 aliphatic carbocycles. The minimum Gasteiger partial charge on any atom is -0.435 e. The monoisotopic (exact) mass is 359 g/mol. The molecule has 2 fully saturated rings. The van der Waals surface area contributed by atoms with Crippen LogP contribution in [0.5, 0.6) is 0 Å². The molecule has 26 heavy (non-hydrogen) atoms. The maximum Gasteiger partial charge on any atom is 0.291 e. The lowest BCUT2D eigenvalue weighted by molar-refractivity contribution is 0.0645. The minimum atomic E-state index is -0.123. The minimum absolute atomic E-state index is 0.00558. The number of hydrogen-bond donors (Lipinski definition) is 1. The number of rotatable bonds is 6. The molecular formula is C18H25N5O3. The average Bonchev–Trinajstić information content (AvgIpc) is 3.01. The highest BCUT2D eigenvalue weighted by Crippen LogP contribution is 2.33. The number of ether oxygens (including phenoxy) is 1. The summed E-state index contributed by atoms with van der Waals surface area (Å²) in [6.45, 7) is 2.94. The Balaban J connectivity index is 1.52. The van der Waals surface area contributed by atoms with Crippen LogP contribution < -0.4 is 5.73 Å². The first-order valence-corrected chi connectivity index (χ1v) is 9.12. The van der Waals surface area contributed by atoms with Gasteiger partial charge in [0.25, 0.3) is 5.91 Å². The number of oxazole rings is 1. The van der Waals surface area contributed by atoms with Crippen LogP contribution >= 0.6 is 0 Å². The number of likely N-dealkylation sites (tertiary alicyclic amines) is 1. The van der Waals surface area contributed by atoms with Gasteiger partial charge in [0.15, 0.2) is 5.89 Å². The fraction of sp³-hybridized carbons (Fsp3) is 0.611. The summed E-state index contributed by atoms with van der Waals surface area (Å²) in [5.41, 5.74) is 6.36. The van der Waals surface area contributed by atoms with Crippen LogP contribution in [0.15, 0.2) is 16.7 Å². The summed E-state index contributed by atoms with van der Waals surface area (Å²) < 4.78 is 13.1. The molecule has 2 N–H and O–H groups in total. The molecule has 8 nitrogen and oxygen atoms in total. The second-order valence-corrected chi connectivity index (χ2v) is 7.34. The van der Waals surface area contributed by atoms with Gasteiger partial charge in [0.1, 0.15) is 5.82 Å². The molecule has 2 atom stereocenters. The molecule has 2 aromatic rings. The van der Waals surface area contributed by atoms with Gasteiger partial charge in [-0.1, -0.05) is 0 Å². The number of amides is 1. The van der Waals surface area contributed by atoms with Crippen molar-refractivity contribution in [2.24, 2.45) is 5.92 Å². The molecule has 8 heteroatoms. The summed E-state index contributed by atoms with van der Waals surface area (Å²) >= 11 is 0. The van der Waals surface area contributed by atoms with Gasteiger partial charge in [-0.3, -0.25) is 9.48 Å². The van der Waals surface area contributed by atoms with Crippen molar-refractivity contribution in [2.75, 3.05) is 19.4 Å². The summed E-state index contributed by atoms with van der Waals surface area (Å²) in [4.78, 5) is 19.4. The molecule has 4 rings (SSSR count). The quantitative estimate of drug-likeness (QED) is 0.842. The predicted molar refractivity (Wildman–Crippen MR) is 94.5 cm³/mol. The number of anilines is 1. The average molecular weight is 359 g/mol. The normalized spacial score (nSPS) is 22.9. The maximum absolute atomic E-state index is 13.1. The van der Waals surface area contributed by atoms with E-state index < -0.39 is 0 Å². The Labute approximate surface area is 152 Å². The molecular weight excluding hydrogens is 334 g/mol. The molecule has 0 spiro atoms. The highest BCUT2D eigenvalue weighted by atomic mass is 16.5. The van der Waals surface area contributed by atoms with Gasteiger partial charge in [0, 0.05) is 26.3 Å². The topological polar surface area (TPSA) is 99.4 Å². The van der Waals surface area contributed by atoms with E-state index in [0.29, 0.717) is 42.2 Å². The first-order chi connectivity index (χ1) is 12.5. The van der Waals surface area contributed by atoms with Crippen molar-refractivity contribution in [1.82, 2.24) is 19.7 Å². The van der Waals surface area contributed by atoms with E-state index >= 15 is 0 Å². The molecule has 0 bridgehead atoms. The summed E-state index contributed by atoms with van der Waals surface area (Å²) in [5, 5.41) is 4.23. The number of hydrogen-bond acceptors (Lipinski definition) is 6. The van der Waals surface area contributed by atoms with E-state index in [2.05, 4.69) is 10.1 Å². The van der Waals surface area contributed by atoms with Gasteiger partial charge in [-0.15, -0.1) is 0 Å². The van der Waals surface area contributed by atoms with E-state index in [-0.39, 0.29) is 18.1 Å². The van der Waals surface area contributed by atoms with Crippen molar-refractivity contribution in [2.45, 2.75) is 51.3 Å². The molecule has 2 aromatic heterocycles. The van der Waals surface area contributed by atoms with Crippen LogP contribution in [-0.2, 0) is 17.7 Å². The number of nitrogens with two attached hydrogens (primary N) is 1. The van der Waals surface area contributed by atoms with Gasteiger partial charge in [-0.2, -0.15) is 5.10 Å². The Morgan fingerprint density at radius 1 is 1.46 bits per heavy atom. The number of nitrogens with zero attached hydrogens (tertiary/aromatic N) is 4. The third-order valence-corrected chi connectivity index (χ3v) is 5.22. The highest BCUT2D eigenvalue weighted by Gasteiger charge is 2.38. The summed E-state index contributed by atoms with van der Waals surface area (Å²) in [6, 6.07) is 1.72. The van der Waals surface area contributed by atoms with Crippen molar-refractivity contribution >= 4 is 11.7 Å². The van der Waals surface area contributed by atoms with Gasteiger partial charge in [-0.05, 0) is 38.2 Å². The van der Waals surface area contributed by atoms with Crippen LogP contribution in [0.3, 0.4) is 0 Å². The van der Waals surface area contributed by atoms with E-state index in [1.165, 1.54) is 12.8 Å². The molecule has 1 amide bonds. The van der Waals surface area contributed by atoms with Crippen LogP contribution in [0.2, 0.25) is 0 Å². The van der Waals surface area contributed by atoms with Crippen LogP contribution in [0.4, 0.5) is 5.82 Å². The number of carbonyl (C=O) groups excluding carboxylic acids is 1. The van der Waals surface area contributed by atoms with Crippen molar-refractivity contribution < 1.29 is 13.9 Å². The van der Waals surface area contributed by atoms with Gasteiger partial charge in [0.2, 0.25) is 5.76 Å². The zero-order chi connectivity index (χ0) is 18.3. The SMILES string of the molecule is CO[C@H]1C[C@@H](Cn2ccc(N)n2)N(C(=O)c2oc(CC3CC3)nc2C)C1. The second kappa shape index (κ2) is 6.75. The summed E-state index contributed by atoms with van der Waals surface area (Å²) in [5.74, 6) is 2.04. The lowest BCUT2D eigenvalue weighted by Gasteiger charge is -2.23. The fourth-order valence-electron chi connectivity index (χ4n) is 3.60. The third kappa shape index (κ3) is 3.46. The smallest absolute Gasteiger partial charge is 0.291 e. The Hall–Kier alpha value is -2.35. The molecule has 0 radical (unpaired) electrons. The van der Waals surface area contributed by atoms with Gasteiger partial charge in [0.05, 0.1) is 24.4 Å². The number of methoxy groups -OCH3 is 1. The van der Waals surface area contributed by atoms with Gasteiger partial charge in [-0.25, -0.2) is 4.98 Å². The first-order valence-electron chi connectivity index (χ1n) is 9.12. The molecule has 2 aliphatic rings. The van der Waals surface area contributed by atoms with E-state index in [1.54, 1.807) is 17.9 Å². The van der Waals surface area contributed by atoms with Gasteiger partial charge >= 0.3 is 0 Å². The van der Waals surface area contributed by atoms with Crippen LogP contribution in [0.1, 0.15) is 41.4 Å². The lowest BCUT2D eigenvalue weighted by atomic mass is 10.2. The fourth-order valence-corrected chi connectivity index (χ4v) is 3.60. The molecule has 1 saturated heterocycles. The summed E-state index contributed by atoms with van der Waals surface area (Å²) in [7, 11) is 1.68. The second-order valence-electron chi connectivity index (χ2n) is 7.34. The van der Waals surface area contributed by atoms with E-state index in [1.807, 2.05) is 18.0 Å². The van der Waals surface area contributed by atoms with E-state index in [4.69, 9.17) is 14.9 Å². The lowest BCUT2D eigenvalue weighted by Crippen LogP contribution is -2.38. The number of aromatic nitrogens is 3. The molecule has 3 heterocycles. The molecule has 0 aromatic carbocycles. The van der Waals surface area contributed by atoms with Crippen LogP contribution in [-0.4, -0.2) is 51.4 Å². The largest absolute Gasteiger partial charge is 0.435 e. The van der Waals surface area contributed by atoms with Crippen LogP contribution in [0.25, 0.3) is 0 Å². The number of carbonyl (C=O) groups is 1. The Bertz CT molecular complexity index is 795. The van der Waals surface area contributed by atoms with E-state index in [0.717, 1.165) is 12.8 Å². The predicted octanol–water partition coefficient (Wildman–Crippen LogP) is 1.64. The standard InChI is InChI=1S/C18H25N5O3/c1-11-17(26-16(20-11)7-12-3-4-12)18(24)23-10-14(25-2)8-13(23)9-22-6-5-15(19)21-22/h5-6,12-14H,3-4,7-10H2,1-2H3,(H2,19,21)/t13-,14-/m0/s1. The molecule has 1 aliphatic heterocycles. The number of nitrogen functional groups attached to an aromatic ring is 1. The van der Waals surface area contributed by atoms with Crippen molar-refractivity contribution in [3.8, 4) is 0 Å². The van der Waals surface area contributed by atoms with Crippen molar-refractivity contribution in [1.29, 1.82) is 0 Å². The Morgan fingerprint density at radius 3 is 2.92 bits per heavy atom. The first kappa shape index (κ1) is 17.1. The molecule has 1 saturated carbocycles. The maximum atomic E-state index is 13.1. The van der Waals surface area contributed by atoms with Crippen molar-refractivity contribution in [3.63, 3.8) is 0 Å². The molecule has 0 unspecified atom stereocenters. The number of aryl methyl sites for hydroxylation is 1. The third-order valence-electron chi connectivity index (χ3n) is 5.22. The zero-order valence-electron chi connectivity index (χ0n) is 15.2. The van der Waals surface area contributed by atoms with Gasteiger partial charge < -0.3 is 19.8 Å².